The average Bonchev–Trinajstić information content (AvgIpc) is 3.40. The van der Waals surface area contributed by atoms with Crippen LogP contribution in [-0.4, -0.2) is 32.3 Å². The van der Waals surface area contributed by atoms with E-state index in [9.17, 15) is 9.90 Å². The topological polar surface area (TPSA) is 79.6 Å². The summed E-state index contributed by atoms with van der Waals surface area (Å²) in [6, 6.07) is 20.9. The number of carboxylic acids is 1. The standard InChI is InChI=1S/C30H30N4O3S/c1-5-37-23-13-11-22(12-14-23)34-28(27(32-30(34)38)25-8-6-7-15-31-25)24-16-19(3)33(20(24)4)26-17-21(29(35)36)10-9-18(26)2/h6-17,27-28H,5H2,1-4H3,(H,32,38)(H,35,36)/t27-,28-/m1/s1. The van der Waals surface area contributed by atoms with Crippen molar-refractivity contribution >= 4 is 29.0 Å². The van der Waals surface area contributed by atoms with Crippen molar-refractivity contribution in [1.29, 1.82) is 0 Å². The number of benzene rings is 2. The second-order valence-electron chi connectivity index (χ2n) is 9.39. The van der Waals surface area contributed by atoms with E-state index >= 15 is 0 Å². The van der Waals surface area contributed by atoms with Gasteiger partial charge in [0.1, 0.15) is 5.75 Å². The Morgan fingerprint density at radius 3 is 2.50 bits per heavy atom. The predicted octanol–water partition coefficient (Wildman–Crippen LogP) is 6.07. The second kappa shape index (κ2) is 10.3. The molecule has 194 valence electrons. The number of anilines is 1. The van der Waals surface area contributed by atoms with Crippen LogP contribution in [0, 0.1) is 20.8 Å². The van der Waals surface area contributed by atoms with Crippen LogP contribution in [0.25, 0.3) is 5.69 Å². The molecular formula is C30H30N4O3S. The number of hydrogen-bond acceptors (Lipinski definition) is 4. The minimum atomic E-state index is -0.948. The van der Waals surface area contributed by atoms with Crippen molar-refractivity contribution in [1.82, 2.24) is 14.9 Å². The zero-order valence-corrected chi connectivity index (χ0v) is 22.6. The zero-order valence-electron chi connectivity index (χ0n) is 21.8. The van der Waals surface area contributed by atoms with Crippen molar-refractivity contribution in [2.45, 2.75) is 39.8 Å². The molecule has 2 N–H and O–H groups in total. The first-order valence-corrected chi connectivity index (χ1v) is 13.0. The number of thiocarbonyl (C=S) groups is 1. The number of pyridine rings is 1. The van der Waals surface area contributed by atoms with Gasteiger partial charge in [0.05, 0.1) is 29.9 Å². The molecule has 1 saturated heterocycles. The molecule has 8 heteroatoms. The van der Waals surface area contributed by atoms with Gasteiger partial charge in [0.25, 0.3) is 0 Å². The van der Waals surface area contributed by atoms with E-state index in [0.717, 1.165) is 45.3 Å². The van der Waals surface area contributed by atoms with Crippen molar-refractivity contribution in [3.8, 4) is 11.4 Å². The van der Waals surface area contributed by atoms with Gasteiger partial charge in [-0.2, -0.15) is 0 Å². The number of hydrogen-bond donors (Lipinski definition) is 2. The molecule has 0 amide bonds. The lowest BCUT2D eigenvalue weighted by Crippen LogP contribution is -2.29. The smallest absolute Gasteiger partial charge is 0.335 e. The largest absolute Gasteiger partial charge is 0.494 e. The highest BCUT2D eigenvalue weighted by Gasteiger charge is 2.42. The molecule has 1 fully saturated rings. The maximum Gasteiger partial charge on any atom is 0.335 e. The molecule has 3 heterocycles. The second-order valence-corrected chi connectivity index (χ2v) is 9.78. The van der Waals surface area contributed by atoms with Crippen LogP contribution in [0.2, 0.25) is 0 Å². The van der Waals surface area contributed by atoms with E-state index in [-0.39, 0.29) is 17.6 Å². The van der Waals surface area contributed by atoms with Gasteiger partial charge in [0.2, 0.25) is 0 Å². The lowest BCUT2D eigenvalue weighted by molar-refractivity contribution is 0.0697. The fraction of sp³-hybridized carbons (Fsp3) is 0.233. The van der Waals surface area contributed by atoms with Crippen molar-refractivity contribution in [2.75, 3.05) is 11.5 Å². The molecule has 4 aromatic rings. The molecule has 0 spiro atoms. The highest BCUT2D eigenvalue weighted by atomic mass is 32.1. The third kappa shape index (κ3) is 4.52. The van der Waals surface area contributed by atoms with E-state index in [2.05, 4.69) is 32.8 Å². The molecule has 0 unspecified atom stereocenters. The fourth-order valence-electron chi connectivity index (χ4n) is 5.26. The first-order chi connectivity index (χ1) is 18.3. The number of aryl methyl sites for hydroxylation is 2. The molecular weight excluding hydrogens is 496 g/mol. The Morgan fingerprint density at radius 1 is 1.08 bits per heavy atom. The van der Waals surface area contributed by atoms with E-state index in [1.807, 2.05) is 69.3 Å². The molecule has 5 rings (SSSR count). The average molecular weight is 527 g/mol. The Balaban J connectivity index is 1.66. The summed E-state index contributed by atoms with van der Waals surface area (Å²) in [6.07, 6.45) is 1.79. The molecule has 7 nitrogen and oxygen atoms in total. The van der Waals surface area contributed by atoms with Gasteiger partial charge in [-0.25, -0.2) is 4.79 Å². The van der Waals surface area contributed by atoms with Crippen LogP contribution in [-0.2, 0) is 0 Å². The van der Waals surface area contributed by atoms with E-state index in [1.54, 1.807) is 18.3 Å². The SMILES string of the molecule is CCOc1ccc(N2C(=S)N[C@H](c3ccccn3)[C@H]2c2cc(C)n(-c3cc(C(=O)O)ccc3C)c2C)cc1. The Bertz CT molecular complexity index is 1500. The van der Waals surface area contributed by atoms with Crippen LogP contribution < -0.4 is 15.0 Å². The van der Waals surface area contributed by atoms with Gasteiger partial charge in [-0.15, -0.1) is 0 Å². The van der Waals surface area contributed by atoms with E-state index in [0.29, 0.717) is 11.7 Å². The summed E-state index contributed by atoms with van der Waals surface area (Å²) in [5.41, 5.74) is 7.04. The maximum atomic E-state index is 11.7. The van der Waals surface area contributed by atoms with Crippen molar-refractivity contribution in [3.05, 3.63) is 107 Å². The minimum Gasteiger partial charge on any atom is -0.494 e. The summed E-state index contributed by atoms with van der Waals surface area (Å²) < 4.78 is 7.78. The highest BCUT2D eigenvalue weighted by molar-refractivity contribution is 7.80. The molecule has 1 aliphatic rings. The normalized spacial score (nSPS) is 16.9. The van der Waals surface area contributed by atoms with E-state index in [4.69, 9.17) is 17.0 Å². The quantitative estimate of drug-likeness (QED) is 0.283. The number of carbonyl (C=O) groups is 1. The van der Waals surface area contributed by atoms with Crippen LogP contribution in [0.5, 0.6) is 5.75 Å². The van der Waals surface area contributed by atoms with Crippen LogP contribution in [0.1, 0.15) is 57.6 Å². The lowest BCUT2D eigenvalue weighted by Gasteiger charge is -2.28. The van der Waals surface area contributed by atoms with Gasteiger partial charge in [0.15, 0.2) is 5.11 Å². The summed E-state index contributed by atoms with van der Waals surface area (Å²) in [6.45, 7) is 8.67. The van der Waals surface area contributed by atoms with Crippen molar-refractivity contribution < 1.29 is 14.6 Å². The summed E-state index contributed by atoms with van der Waals surface area (Å²) in [7, 11) is 0. The lowest BCUT2D eigenvalue weighted by atomic mass is 9.96. The number of nitrogens with zero attached hydrogens (tertiary/aromatic N) is 3. The van der Waals surface area contributed by atoms with E-state index < -0.39 is 5.97 Å². The molecule has 0 bridgehead atoms. The van der Waals surface area contributed by atoms with Crippen LogP contribution in [0.4, 0.5) is 5.69 Å². The van der Waals surface area contributed by atoms with Crippen molar-refractivity contribution in [2.24, 2.45) is 0 Å². The minimum absolute atomic E-state index is 0.182. The number of rotatable bonds is 7. The Hall–Kier alpha value is -4.17. The predicted molar refractivity (Wildman–Crippen MR) is 152 cm³/mol. The fourth-order valence-corrected chi connectivity index (χ4v) is 5.61. The third-order valence-corrected chi connectivity index (χ3v) is 7.32. The van der Waals surface area contributed by atoms with Gasteiger partial charge < -0.3 is 24.6 Å². The van der Waals surface area contributed by atoms with Gasteiger partial charge in [0, 0.05) is 29.0 Å². The molecule has 0 radical (unpaired) electrons. The molecule has 0 aliphatic carbocycles. The monoisotopic (exact) mass is 526 g/mol. The van der Waals surface area contributed by atoms with Gasteiger partial charge >= 0.3 is 5.97 Å². The third-order valence-electron chi connectivity index (χ3n) is 7.01. The number of aromatic carboxylic acids is 1. The first-order valence-electron chi connectivity index (χ1n) is 12.6. The molecule has 2 aromatic heterocycles. The maximum absolute atomic E-state index is 11.7. The zero-order chi connectivity index (χ0) is 27.0. The number of nitrogens with one attached hydrogen (secondary N) is 1. The molecule has 1 aliphatic heterocycles. The molecule has 2 atom stereocenters. The first kappa shape index (κ1) is 25.5. The Kier molecular flexibility index (Phi) is 6.91. The molecule has 0 saturated carbocycles. The molecule has 38 heavy (non-hydrogen) atoms. The molecule has 2 aromatic carbocycles. The van der Waals surface area contributed by atoms with Gasteiger partial charge in [-0.1, -0.05) is 12.1 Å². The summed E-state index contributed by atoms with van der Waals surface area (Å²) >= 11 is 5.89. The number of aromatic nitrogens is 2. The number of carboxylic acid groups (broad SMARTS) is 1. The van der Waals surface area contributed by atoms with E-state index in [1.165, 1.54) is 0 Å². The Labute approximate surface area is 227 Å². The Morgan fingerprint density at radius 2 is 1.84 bits per heavy atom. The van der Waals surface area contributed by atoms with Gasteiger partial charge in [-0.05, 0) is 106 Å². The van der Waals surface area contributed by atoms with Gasteiger partial charge in [-0.3, -0.25) is 4.98 Å². The van der Waals surface area contributed by atoms with Crippen LogP contribution in [0.15, 0.2) is 72.9 Å². The van der Waals surface area contributed by atoms with Crippen LogP contribution >= 0.6 is 12.2 Å². The summed E-state index contributed by atoms with van der Waals surface area (Å²) in [5.74, 6) is -0.143. The number of ether oxygens (including phenoxy) is 1. The summed E-state index contributed by atoms with van der Waals surface area (Å²) in [4.78, 5) is 18.5. The van der Waals surface area contributed by atoms with Crippen LogP contribution in [0.3, 0.4) is 0 Å². The highest BCUT2D eigenvalue weighted by Crippen LogP contribution is 2.44. The summed E-state index contributed by atoms with van der Waals surface area (Å²) in [5, 5.41) is 13.7. The van der Waals surface area contributed by atoms with Crippen molar-refractivity contribution in [3.63, 3.8) is 0 Å².